The van der Waals surface area contributed by atoms with Gasteiger partial charge in [-0.15, -0.1) is 0 Å². The van der Waals surface area contributed by atoms with E-state index in [0.717, 1.165) is 29.4 Å². The highest BCUT2D eigenvalue weighted by Crippen LogP contribution is 2.49. The summed E-state index contributed by atoms with van der Waals surface area (Å²) in [5, 5.41) is 3.64. The molecule has 0 aromatic carbocycles. The van der Waals surface area contributed by atoms with E-state index in [0.29, 0.717) is 12.0 Å². The second-order valence-electron chi connectivity index (χ2n) is 6.85. The van der Waals surface area contributed by atoms with E-state index in [1.54, 1.807) is 0 Å². The van der Waals surface area contributed by atoms with Crippen LogP contribution in [0.15, 0.2) is 12.3 Å². The monoisotopic (exact) mass is 257 g/mol. The van der Waals surface area contributed by atoms with Crippen LogP contribution in [0.3, 0.4) is 0 Å². The Labute approximate surface area is 115 Å². The quantitative estimate of drug-likeness (QED) is 0.895. The number of nitrogens with one attached hydrogen (secondary N) is 1. The van der Waals surface area contributed by atoms with Crippen molar-refractivity contribution in [3.05, 3.63) is 18.1 Å². The van der Waals surface area contributed by atoms with Gasteiger partial charge in [0.15, 0.2) is 0 Å². The van der Waals surface area contributed by atoms with Crippen LogP contribution in [0.1, 0.15) is 57.2 Å². The molecular weight excluding hydrogens is 234 g/mol. The molecule has 1 aromatic heterocycles. The maximum absolute atomic E-state index is 4.69. The molecule has 0 aliphatic heterocycles. The average molecular weight is 257 g/mol. The summed E-state index contributed by atoms with van der Waals surface area (Å²) in [6.45, 7) is 2.34. The molecule has 3 fully saturated rings. The van der Waals surface area contributed by atoms with Crippen molar-refractivity contribution in [2.45, 2.75) is 57.4 Å². The summed E-state index contributed by atoms with van der Waals surface area (Å²) in [4.78, 5) is 9.08. The maximum Gasteiger partial charge on any atom is 0.133 e. The molecular formula is C16H23N3. The predicted octanol–water partition coefficient (Wildman–Crippen LogP) is 3.59. The number of hydrogen-bond donors (Lipinski definition) is 1. The van der Waals surface area contributed by atoms with E-state index in [1.807, 2.05) is 12.3 Å². The zero-order valence-corrected chi connectivity index (χ0v) is 11.7. The fourth-order valence-electron chi connectivity index (χ4n) is 4.24. The normalized spacial score (nSPS) is 34.5. The van der Waals surface area contributed by atoms with Crippen molar-refractivity contribution in [2.24, 2.45) is 17.8 Å². The Kier molecular flexibility index (Phi) is 2.75. The maximum atomic E-state index is 4.69. The molecule has 4 atom stereocenters. The van der Waals surface area contributed by atoms with Crippen molar-refractivity contribution in [2.75, 3.05) is 5.32 Å². The molecule has 3 saturated carbocycles. The van der Waals surface area contributed by atoms with Crippen molar-refractivity contribution in [1.29, 1.82) is 0 Å². The van der Waals surface area contributed by atoms with Crippen LogP contribution in [0.2, 0.25) is 0 Å². The van der Waals surface area contributed by atoms with Gasteiger partial charge in [-0.05, 0) is 62.8 Å². The van der Waals surface area contributed by atoms with E-state index in [9.17, 15) is 0 Å². The molecule has 102 valence electrons. The van der Waals surface area contributed by atoms with Gasteiger partial charge in [0.2, 0.25) is 0 Å². The average Bonchev–Trinajstić information content (AvgIpc) is 3.07. The van der Waals surface area contributed by atoms with E-state index in [4.69, 9.17) is 0 Å². The van der Waals surface area contributed by atoms with Gasteiger partial charge in [-0.2, -0.15) is 0 Å². The van der Waals surface area contributed by atoms with E-state index in [2.05, 4.69) is 22.2 Å². The molecule has 4 rings (SSSR count). The molecule has 2 bridgehead atoms. The molecule has 1 aromatic rings. The Hall–Kier alpha value is -1.12. The molecule has 0 spiro atoms. The van der Waals surface area contributed by atoms with E-state index in [1.165, 1.54) is 38.5 Å². The Morgan fingerprint density at radius 3 is 2.79 bits per heavy atom. The number of rotatable bonds is 4. The molecule has 19 heavy (non-hydrogen) atoms. The van der Waals surface area contributed by atoms with Gasteiger partial charge >= 0.3 is 0 Å². The minimum absolute atomic E-state index is 0.553. The summed E-state index contributed by atoms with van der Waals surface area (Å²) in [6.07, 6.45) is 10.3. The number of aromatic nitrogens is 2. The molecule has 3 aliphatic rings. The van der Waals surface area contributed by atoms with Crippen LogP contribution in [0.5, 0.6) is 0 Å². The number of nitrogens with zero attached hydrogens (tertiary/aromatic N) is 2. The fraction of sp³-hybridized carbons (Fsp3) is 0.750. The number of hydrogen-bond acceptors (Lipinski definition) is 3. The molecule has 0 amide bonds. The van der Waals surface area contributed by atoms with Gasteiger partial charge in [-0.25, -0.2) is 9.97 Å². The minimum atomic E-state index is 0.553. The van der Waals surface area contributed by atoms with Gasteiger partial charge in [-0.1, -0.05) is 6.42 Å². The molecule has 0 saturated heterocycles. The van der Waals surface area contributed by atoms with Crippen LogP contribution in [-0.4, -0.2) is 16.0 Å². The molecule has 1 heterocycles. The first-order chi connectivity index (χ1) is 9.29. The van der Waals surface area contributed by atoms with Crippen molar-refractivity contribution in [3.63, 3.8) is 0 Å². The molecule has 1 N–H and O–H groups in total. The standard InChI is InChI=1S/C16H23N3/c1-10(14-9-11-2-3-13(14)8-11)18-15-6-7-17-16(19-15)12-4-5-12/h6-7,10-14H,2-5,8-9H2,1H3,(H,17,18,19)/t10-,11+,13+,14+/m1/s1. The molecule has 3 heteroatoms. The van der Waals surface area contributed by atoms with Gasteiger partial charge < -0.3 is 5.32 Å². The van der Waals surface area contributed by atoms with Crippen LogP contribution in [0.25, 0.3) is 0 Å². The fourth-order valence-corrected chi connectivity index (χ4v) is 4.24. The summed E-state index contributed by atoms with van der Waals surface area (Å²) in [6, 6.07) is 2.58. The zero-order valence-electron chi connectivity index (χ0n) is 11.7. The first kappa shape index (κ1) is 11.7. The summed E-state index contributed by atoms with van der Waals surface area (Å²) in [7, 11) is 0. The van der Waals surface area contributed by atoms with Crippen LogP contribution in [0, 0.1) is 17.8 Å². The summed E-state index contributed by atoms with van der Waals surface area (Å²) < 4.78 is 0. The van der Waals surface area contributed by atoms with Crippen LogP contribution < -0.4 is 5.32 Å². The molecule has 3 nitrogen and oxygen atoms in total. The predicted molar refractivity (Wildman–Crippen MR) is 76.0 cm³/mol. The summed E-state index contributed by atoms with van der Waals surface area (Å²) in [5.41, 5.74) is 0. The summed E-state index contributed by atoms with van der Waals surface area (Å²) in [5.74, 6) is 5.57. The SMILES string of the molecule is C[C@@H](Nc1ccnc(C2CC2)n1)[C@@H]1C[C@H]2CC[C@H]1C2. The smallest absolute Gasteiger partial charge is 0.133 e. The third-order valence-electron chi connectivity index (χ3n) is 5.43. The van der Waals surface area contributed by atoms with Crippen molar-refractivity contribution >= 4 is 5.82 Å². The molecule has 3 aliphatic carbocycles. The largest absolute Gasteiger partial charge is 0.367 e. The van der Waals surface area contributed by atoms with E-state index < -0.39 is 0 Å². The van der Waals surface area contributed by atoms with Gasteiger partial charge in [0.1, 0.15) is 11.6 Å². The van der Waals surface area contributed by atoms with Gasteiger partial charge in [0.25, 0.3) is 0 Å². The third kappa shape index (κ3) is 2.24. The number of anilines is 1. The first-order valence-electron chi connectivity index (χ1n) is 7.89. The highest BCUT2D eigenvalue weighted by Gasteiger charge is 2.41. The Bertz CT molecular complexity index is 469. The lowest BCUT2D eigenvalue weighted by atomic mass is 9.84. The van der Waals surface area contributed by atoms with Gasteiger partial charge in [0.05, 0.1) is 0 Å². The van der Waals surface area contributed by atoms with E-state index in [-0.39, 0.29) is 0 Å². The van der Waals surface area contributed by atoms with Crippen molar-refractivity contribution < 1.29 is 0 Å². The van der Waals surface area contributed by atoms with Crippen LogP contribution in [0.4, 0.5) is 5.82 Å². The highest BCUT2D eigenvalue weighted by molar-refractivity contribution is 5.35. The second kappa shape index (κ2) is 4.46. The second-order valence-corrected chi connectivity index (χ2v) is 6.85. The highest BCUT2D eigenvalue weighted by atomic mass is 15.1. The lowest BCUT2D eigenvalue weighted by Gasteiger charge is -2.28. The lowest BCUT2D eigenvalue weighted by molar-refractivity contribution is 0.304. The van der Waals surface area contributed by atoms with Crippen LogP contribution >= 0.6 is 0 Å². The van der Waals surface area contributed by atoms with Crippen molar-refractivity contribution in [3.8, 4) is 0 Å². The summed E-state index contributed by atoms with van der Waals surface area (Å²) >= 11 is 0. The Morgan fingerprint density at radius 1 is 1.21 bits per heavy atom. The van der Waals surface area contributed by atoms with E-state index >= 15 is 0 Å². The minimum Gasteiger partial charge on any atom is -0.367 e. The Balaban J connectivity index is 1.44. The van der Waals surface area contributed by atoms with Crippen molar-refractivity contribution in [1.82, 2.24) is 9.97 Å². The Morgan fingerprint density at radius 2 is 2.11 bits per heavy atom. The van der Waals surface area contributed by atoms with Gasteiger partial charge in [0, 0.05) is 18.2 Å². The third-order valence-corrected chi connectivity index (χ3v) is 5.43. The number of fused-ring (bicyclic) bond motifs is 2. The zero-order chi connectivity index (χ0) is 12.8. The molecule has 0 radical (unpaired) electrons. The molecule has 0 unspecified atom stereocenters. The lowest BCUT2D eigenvalue weighted by Crippen LogP contribution is -2.30. The van der Waals surface area contributed by atoms with Gasteiger partial charge in [-0.3, -0.25) is 0 Å². The van der Waals surface area contributed by atoms with Crippen LogP contribution in [-0.2, 0) is 0 Å². The first-order valence-corrected chi connectivity index (χ1v) is 7.89. The topological polar surface area (TPSA) is 37.8 Å².